The zero-order valence-corrected chi connectivity index (χ0v) is 13.2. The molecule has 1 aromatic carbocycles. The van der Waals surface area contributed by atoms with Crippen molar-refractivity contribution in [3.8, 4) is 0 Å². The van der Waals surface area contributed by atoms with E-state index in [9.17, 15) is 4.79 Å². The van der Waals surface area contributed by atoms with E-state index in [0.29, 0.717) is 11.7 Å². The van der Waals surface area contributed by atoms with Gasteiger partial charge in [-0.3, -0.25) is 4.79 Å². The van der Waals surface area contributed by atoms with Crippen molar-refractivity contribution in [1.29, 1.82) is 0 Å². The summed E-state index contributed by atoms with van der Waals surface area (Å²) in [6.45, 7) is 8.19. The van der Waals surface area contributed by atoms with Gasteiger partial charge in [-0.15, -0.1) is 11.8 Å². The monoisotopic (exact) mass is 280 g/mol. The predicted molar refractivity (Wildman–Crippen MR) is 82.5 cm³/mol. The van der Waals surface area contributed by atoms with Crippen molar-refractivity contribution < 1.29 is 4.79 Å². The number of thioether (sulfide) groups is 1. The summed E-state index contributed by atoms with van der Waals surface area (Å²) in [5.74, 6) is -0.302. The fraction of sp³-hybridized carbons (Fsp3) is 0.533. The third kappa shape index (κ3) is 4.25. The number of carbonyl (C=O) groups is 1. The summed E-state index contributed by atoms with van der Waals surface area (Å²) >= 11 is 1.80. The van der Waals surface area contributed by atoms with E-state index in [1.54, 1.807) is 18.8 Å². The van der Waals surface area contributed by atoms with Crippen molar-refractivity contribution >= 4 is 17.7 Å². The lowest BCUT2D eigenvalue weighted by Crippen LogP contribution is -2.52. The summed E-state index contributed by atoms with van der Waals surface area (Å²) in [7, 11) is 1.78. The van der Waals surface area contributed by atoms with Gasteiger partial charge >= 0.3 is 0 Å². The minimum Gasteiger partial charge on any atom is -0.368 e. The number of nitrogens with two attached hydrogens (primary N) is 1. The number of hydrogen-bond acceptors (Lipinski definition) is 3. The van der Waals surface area contributed by atoms with Gasteiger partial charge < -0.3 is 11.1 Å². The Bertz CT molecular complexity index is 461. The molecule has 2 atom stereocenters. The zero-order chi connectivity index (χ0) is 14.6. The lowest BCUT2D eigenvalue weighted by molar-refractivity contribution is -0.123. The van der Waals surface area contributed by atoms with E-state index in [1.165, 1.54) is 16.0 Å². The summed E-state index contributed by atoms with van der Waals surface area (Å²) < 4.78 is 0. The molecule has 1 aromatic rings. The van der Waals surface area contributed by atoms with Gasteiger partial charge in [-0.2, -0.15) is 0 Å². The Morgan fingerprint density at radius 3 is 2.63 bits per heavy atom. The van der Waals surface area contributed by atoms with Crippen LogP contribution in [0.4, 0.5) is 0 Å². The maximum absolute atomic E-state index is 11.5. The molecule has 19 heavy (non-hydrogen) atoms. The van der Waals surface area contributed by atoms with Gasteiger partial charge in [0.15, 0.2) is 0 Å². The van der Waals surface area contributed by atoms with Crippen LogP contribution in [0.15, 0.2) is 23.1 Å². The van der Waals surface area contributed by atoms with E-state index in [-0.39, 0.29) is 5.91 Å². The van der Waals surface area contributed by atoms with Crippen LogP contribution in [-0.2, 0) is 4.79 Å². The first-order valence-electron chi connectivity index (χ1n) is 6.51. The Labute approximate surface area is 120 Å². The number of amides is 1. The summed E-state index contributed by atoms with van der Waals surface area (Å²) in [6, 6.07) is 6.44. The molecule has 3 nitrogen and oxygen atoms in total. The van der Waals surface area contributed by atoms with Gasteiger partial charge in [0, 0.05) is 10.1 Å². The van der Waals surface area contributed by atoms with E-state index >= 15 is 0 Å². The molecule has 2 unspecified atom stereocenters. The van der Waals surface area contributed by atoms with Crippen LogP contribution >= 0.6 is 11.8 Å². The number of hydrogen-bond donors (Lipinski definition) is 2. The van der Waals surface area contributed by atoms with E-state index in [4.69, 9.17) is 5.73 Å². The third-order valence-corrected chi connectivity index (χ3v) is 4.73. The van der Waals surface area contributed by atoms with Crippen LogP contribution in [0, 0.1) is 13.8 Å². The fourth-order valence-corrected chi connectivity index (χ4v) is 3.35. The molecule has 106 valence electrons. The van der Waals surface area contributed by atoms with E-state index < -0.39 is 5.54 Å². The Morgan fingerprint density at radius 2 is 2.11 bits per heavy atom. The normalized spacial score (nSPS) is 15.8. The van der Waals surface area contributed by atoms with Crippen molar-refractivity contribution in [3.63, 3.8) is 0 Å². The average molecular weight is 280 g/mol. The first-order chi connectivity index (χ1) is 8.78. The van der Waals surface area contributed by atoms with Crippen molar-refractivity contribution in [2.45, 2.75) is 49.8 Å². The van der Waals surface area contributed by atoms with E-state index in [2.05, 4.69) is 44.3 Å². The van der Waals surface area contributed by atoms with E-state index in [0.717, 1.165) is 0 Å². The number of primary amides is 1. The standard InChI is InChI=1S/C15H24N2OS/c1-10-6-7-11(2)13(8-10)19-12(3)9-15(4,17-5)14(16)18/h6-8,12,17H,9H2,1-5H3,(H2,16,18). The fourth-order valence-electron chi connectivity index (χ4n) is 1.99. The van der Waals surface area contributed by atoms with Crippen LogP contribution in [0.3, 0.4) is 0 Å². The van der Waals surface area contributed by atoms with Gasteiger partial charge in [0.1, 0.15) is 0 Å². The predicted octanol–water partition coefficient (Wildman–Crippen LogP) is 2.64. The molecule has 0 aromatic heterocycles. The van der Waals surface area contributed by atoms with Gasteiger partial charge in [0.2, 0.25) is 5.91 Å². The molecule has 3 N–H and O–H groups in total. The summed E-state index contributed by atoms with van der Waals surface area (Å²) in [5.41, 5.74) is 7.34. The van der Waals surface area contributed by atoms with Crippen molar-refractivity contribution in [2.75, 3.05) is 7.05 Å². The molecule has 0 saturated heterocycles. The van der Waals surface area contributed by atoms with E-state index in [1.807, 2.05) is 6.92 Å². The highest BCUT2D eigenvalue weighted by atomic mass is 32.2. The highest BCUT2D eigenvalue weighted by Crippen LogP contribution is 2.31. The molecular formula is C15H24N2OS. The van der Waals surface area contributed by atoms with Gasteiger partial charge in [-0.25, -0.2) is 0 Å². The molecule has 4 heteroatoms. The first-order valence-corrected chi connectivity index (χ1v) is 7.39. The molecule has 0 spiro atoms. The molecule has 0 radical (unpaired) electrons. The Balaban J connectivity index is 2.77. The second-order valence-electron chi connectivity index (χ2n) is 5.35. The molecule has 0 aliphatic heterocycles. The van der Waals surface area contributed by atoms with Crippen LogP contribution in [0.1, 0.15) is 31.4 Å². The van der Waals surface area contributed by atoms with Crippen molar-refractivity contribution in [3.05, 3.63) is 29.3 Å². The molecule has 0 saturated carbocycles. The third-order valence-electron chi connectivity index (χ3n) is 3.46. The Kier molecular flexibility index (Phi) is 5.44. The minimum absolute atomic E-state index is 0.302. The van der Waals surface area contributed by atoms with Crippen LogP contribution in [0.2, 0.25) is 0 Å². The number of aryl methyl sites for hydroxylation is 2. The molecule has 1 amide bonds. The van der Waals surface area contributed by atoms with Gasteiger partial charge in [-0.05, 0) is 45.9 Å². The number of likely N-dealkylation sites (N-methyl/N-ethyl adjacent to an activating group) is 1. The quantitative estimate of drug-likeness (QED) is 0.788. The summed E-state index contributed by atoms with van der Waals surface area (Å²) in [5, 5.41) is 3.34. The second-order valence-corrected chi connectivity index (χ2v) is 6.83. The molecule has 0 heterocycles. The van der Waals surface area contributed by atoms with Crippen LogP contribution < -0.4 is 11.1 Å². The lowest BCUT2D eigenvalue weighted by Gasteiger charge is -2.28. The van der Waals surface area contributed by atoms with Crippen LogP contribution in [0.25, 0.3) is 0 Å². The van der Waals surface area contributed by atoms with Crippen molar-refractivity contribution in [1.82, 2.24) is 5.32 Å². The molecular weight excluding hydrogens is 256 g/mol. The summed E-state index contributed by atoms with van der Waals surface area (Å²) in [6.07, 6.45) is 0.705. The topological polar surface area (TPSA) is 55.1 Å². The number of rotatable bonds is 6. The van der Waals surface area contributed by atoms with Crippen LogP contribution in [0.5, 0.6) is 0 Å². The Morgan fingerprint density at radius 1 is 1.47 bits per heavy atom. The van der Waals surface area contributed by atoms with Gasteiger partial charge in [0.05, 0.1) is 5.54 Å². The maximum atomic E-state index is 11.5. The van der Waals surface area contributed by atoms with Gasteiger partial charge in [0.25, 0.3) is 0 Å². The van der Waals surface area contributed by atoms with Gasteiger partial charge in [-0.1, -0.05) is 24.6 Å². The zero-order valence-electron chi connectivity index (χ0n) is 12.4. The number of nitrogens with one attached hydrogen (secondary N) is 1. The van der Waals surface area contributed by atoms with Crippen molar-refractivity contribution in [2.24, 2.45) is 5.73 Å². The smallest absolute Gasteiger partial charge is 0.237 e. The maximum Gasteiger partial charge on any atom is 0.237 e. The molecule has 0 bridgehead atoms. The number of benzene rings is 1. The number of carbonyl (C=O) groups excluding carboxylic acids is 1. The Hall–Kier alpha value is -1.00. The first kappa shape index (κ1) is 16.1. The molecule has 1 rings (SSSR count). The highest BCUT2D eigenvalue weighted by Gasteiger charge is 2.31. The second kappa shape index (κ2) is 6.44. The molecule has 0 fully saturated rings. The van der Waals surface area contributed by atoms with Crippen LogP contribution in [-0.4, -0.2) is 23.7 Å². The lowest BCUT2D eigenvalue weighted by atomic mass is 9.95. The average Bonchev–Trinajstić information content (AvgIpc) is 2.33. The largest absolute Gasteiger partial charge is 0.368 e. The molecule has 0 aliphatic rings. The summed E-state index contributed by atoms with van der Waals surface area (Å²) in [4.78, 5) is 12.8. The minimum atomic E-state index is -0.649. The molecule has 0 aliphatic carbocycles. The highest BCUT2D eigenvalue weighted by molar-refractivity contribution is 8.00. The SMILES string of the molecule is CNC(C)(CC(C)Sc1cc(C)ccc1C)C(N)=O.